The number of hydrogen-bond acceptors (Lipinski definition) is 4. The lowest BCUT2D eigenvalue weighted by atomic mass is 10.1. The number of fused-ring (bicyclic) bond motifs is 1. The van der Waals surface area contributed by atoms with Crippen LogP contribution in [0.2, 0.25) is 0 Å². The smallest absolute Gasteiger partial charge is 0.252 e. The quantitative estimate of drug-likeness (QED) is 0.792. The van der Waals surface area contributed by atoms with Gasteiger partial charge in [-0.05, 0) is 29.7 Å². The van der Waals surface area contributed by atoms with Gasteiger partial charge in [0.25, 0.3) is 5.91 Å². The predicted molar refractivity (Wildman–Crippen MR) is 89.4 cm³/mol. The van der Waals surface area contributed by atoms with Gasteiger partial charge in [0.05, 0.1) is 17.7 Å². The summed E-state index contributed by atoms with van der Waals surface area (Å²) in [6, 6.07) is 11.4. The summed E-state index contributed by atoms with van der Waals surface area (Å²) < 4.78 is 0. The number of anilines is 1. The number of pyridine rings is 1. The molecule has 3 N–H and O–H groups in total. The van der Waals surface area contributed by atoms with E-state index in [4.69, 9.17) is 0 Å². The molecule has 5 nitrogen and oxygen atoms in total. The van der Waals surface area contributed by atoms with Crippen molar-refractivity contribution in [2.45, 2.75) is 31.9 Å². The van der Waals surface area contributed by atoms with Crippen LogP contribution < -0.4 is 10.6 Å². The van der Waals surface area contributed by atoms with Crippen LogP contribution in [-0.4, -0.2) is 28.6 Å². The van der Waals surface area contributed by atoms with Crippen LogP contribution >= 0.6 is 0 Å². The third-order valence-corrected chi connectivity index (χ3v) is 4.07. The normalized spacial score (nSPS) is 19.2. The molecule has 0 bridgehead atoms. The molecule has 0 spiro atoms. The highest BCUT2D eigenvalue weighted by Crippen LogP contribution is 2.33. The lowest BCUT2D eigenvalue weighted by Gasteiger charge is -2.18. The van der Waals surface area contributed by atoms with Gasteiger partial charge in [-0.1, -0.05) is 31.2 Å². The van der Waals surface area contributed by atoms with Crippen LogP contribution in [0.1, 0.15) is 40.9 Å². The molecule has 0 radical (unpaired) electrons. The van der Waals surface area contributed by atoms with Crippen molar-refractivity contribution in [3.05, 3.63) is 59.3 Å². The van der Waals surface area contributed by atoms with E-state index in [9.17, 15) is 9.90 Å². The Morgan fingerprint density at radius 3 is 2.87 bits per heavy atom. The lowest BCUT2D eigenvalue weighted by Crippen LogP contribution is -2.24. The fraction of sp³-hybridized carbons (Fsp3) is 0.333. The minimum Gasteiger partial charge on any atom is -0.390 e. The number of hydrogen-bond donors (Lipinski definition) is 3. The largest absolute Gasteiger partial charge is 0.390 e. The summed E-state index contributed by atoms with van der Waals surface area (Å²) in [5.74, 6) is 0.537. The van der Waals surface area contributed by atoms with Gasteiger partial charge in [0.1, 0.15) is 5.82 Å². The third-order valence-electron chi connectivity index (χ3n) is 4.07. The van der Waals surface area contributed by atoms with Crippen molar-refractivity contribution in [3.8, 4) is 0 Å². The highest BCUT2D eigenvalue weighted by atomic mass is 16.3. The van der Waals surface area contributed by atoms with Gasteiger partial charge in [-0.3, -0.25) is 4.79 Å². The summed E-state index contributed by atoms with van der Waals surface area (Å²) >= 11 is 0. The van der Waals surface area contributed by atoms with Crippen LogP contribution in [0, 0.1) is 0 Å². The van der Waals surface area contributed by atoms with E-state index in [0.717, 1.165) is 17.5 Å². The van der Waals surface area contributed by atoms with Gasteiger partial charge in [-0.2, -0.15) is 0 Å². The third kappa shape index (κ3) is 3.35. The minimum absolute atomic E-state index is 0.114. The monoisotopic (exact) mass is 311 g/mol. The predicted octanol–water partition coefficient (Wildman–Crippen LogP) is 2.29. The molecule has 1 aliphatic rings. The maximum atomic E-state index is 11.9. The van der Waals surface area contributed by atoms with Crippen molar-refractivity contribution in [1.82, 2.24) is 10.3 Å². The van der Waals surface area contributed by atoms with Gasteiger partial charge in [0, 0.05) is 19.2 Å². The van der Waals surface area contributed by atoms with Crippen molar-refractivity contribution in [1.29, 1.82) is 0 Å². The molecule has 2 atom stereocenters. The topological polar surface area (TPSA) is 74.2 Å². The second-order valence-electron chi connectivity index (χ2n) is 5.78. The van der Waals surface area contributed by atoms with Crippen LogP contribution in [0.5, 0.6) is 0 Å². The number of aliphatic hydroxyl groups excluding tert-OH is 1. The lowest BCUT2D eigenvalue weighted by molar-refractivity contribution is 0.0953. The number of nitrogens with zero attached hydrogens (tertiary/aromatic N) is 1. The highest BCUT2D eigenvalue weighted by Gasteiger charge is 2.30. The number of rotatable bonds is 5. The molecule has 120 valence electrons. The highest BCUT2D eigenvalue weighted by molar-refractivity contribution is 5.94. The van der Waals surface area contributed by atoms with Crippen molar-refractivity contribution >= 4 is 11.7 Å². The molecule has 23 heavy (non-hydrogen) atoms. The van der Waals surface area contributed by atoms with Crippen molar-refractivity contribution in [2.75, 3.05) is 11.9 Å². The first-order valence-corrected chi connectivity index (χ1v) is 7.95. The van der Waals surface area contributed by atoms with Crippen LogP contribution in [0.4, 0.5) is 5.82 Å². The van der Waals surface area contributed by atoms with E-state index in [2.05, 4.69) is 15.6 Å². The van der Waals surface area contributed by atoms with Crippen LogP contribution in [0.25, 0.3) is 0 Å². The fourth-order valence-corrected chi connectivity index (χ4v) is 2.86. The Morgan fingerprint density at radius 2 is 2.13 bits per heavy atom. The molecule has 0 fully saturated rings. The Kier molecular flexibility index (Phi) is 4.57. The van der Waals surface area contributed by atoms with Crippen LogP contribution in [0.3, 0.4) is 0 Å². The van der Waals surface area contributed by atoms with E-state index in [1.54, 1.807) is 18.3 Å². The molecular formula is C18H21N3O2. The van der Waals surface area contributed by atoms with Gasteiger partial charge in [-0.15, -0.1) is 0 Å². The Morgan fingerprint density at radius 1 is 1.30 bits per heavy atom. The molecule has 5 heteroatoms. The van der Waals surface area contributed by atoms with E-state index >= 15 is 0 Å². The zero-order chi connectivity index (χ0) is 16.2. The first kappa shape index (κ1) is 15.5. The fourth-order valence-electron chi connectivity index (χ4n) is 2.86. The first-order valence-electron chi connectivity index (χ1n) is 7.95. The summed E-state index contributed by atoms with van der Waals surface area (Å²) in [6.07, 6.45) is 2.63. The average molecular weight is 311 g/mol. The van der Waals surface area contributed by atoms with Gasteiger partial charge in [0.2, 0.25) is 0 Å². The zero-order valence-corrected chi connectivity index (χ0v) is 13.1. The maximum absolute atomic E-state index is 11.9. The molecule has 1 aliphatic carbocycles. The summed E-state index contributed by atoms with van der Waals surface area (Å²) in [5.41, 5.74) is 2.80. The Hall–Kier alpha value is -2.40. The van der Waals surface area contributed by atoms with Crippen LogP contribution in [-0.2, 0) is 6.42 Å². The molecule has 1 aromatic carbocycles. The SMILES string of the molecule is CCCNC(=O)c1ccc(N[C@H]2c3ccccc3C[C@H]2O)nc1. The molecule has 0 unspecified atom stereocenters. The van der Waals surface area contributed by atoms with E-state index in [1.165, 1.54) is 0 Å². The number of amides is 1. The van der Waals surface area contributed by atoms with Gasteiger partial charge < -0.3 is 15.7 Å². The summed E-state index contributed by atoms with van der Waals surface area (Å²) in [7, 11) is 0. The molecule has 2 aromatic rings. The summed E-state index contributed by atoms with van der Waals surface area (Å²) in [6.45, 7) is 2.67. The molecule has 0 aliphatic heterocycles. The van der Waals surface area contributed by atoms with E-state index in [0.29, 0.717) is 24.3 Å². The number of aliphatic hydroxyl groups is 1. The molecule has 1 aromatic heterocycles. The zero-order valence-electron chi connectivity index (χ0n) is 13.1. The summed E-state index contributed by atoms with van der Waals surface area (Å²) in [5, 5.41) is 16.3. The van der Waals surface area contributed by atoms with Crippen molar-refractivity contribution in [2.24, 2.45) is 0 Å². The van der Waals surface area contributed by atoms with E-state index in [-0.39, 0.29) is 11.9 Å². The first-order chi connectivity index (χ1) is 11.2. The van der Waals surface area contributed by atoms with Crippen molar-refractivity contribution < 1.29 is 9.90 Å². The summed E-state index contributed by atoms with van der Waals surface area (Å²) in [4.78, 5) is 16.2. The average Bonchev–Trinajstić information content (AvgIpc) is 2.89. The molecule has 1 amide bonds. The van der Waals surface area contributed by atoms with Gasteiger partial charge in [0.15, 0.2) is 0 Å². The standard InChI is InChI=1S/C18H21N3O2/c1-2-9-19-18(23)13-7-8-16(20-11-13)21-17-14-6-4-3-5-12(14)10-15(17)22/h3-8,11,15,17,22H,2,9-10H2,1H3,(H,19,23)(H,20,21)/t15-,17+/m1/s1. The Bertz CT molecular complexity index is 685. The van der Waals surface area contributed by atoms with Gasteiger partial charge in [-0.25, -0.2) is 4.98 Å². The minimum atomic E-state index is -0.471. The van der Waals surface area contributed by atoms with Gasteiger partial charge >= 0.3 is 0 Å². The number of aromatic nitrogens is 1. The second-order valence-corrected chi connectivity index (χ2v) is 5.78. The molecule has 0 saturated carbocycles. The Balaban J connectivity index is 1.70. The molecule has 3 rings (SSSR count). The molecular weight excluding hydrogens is 290 g/mol. The van der Waals surface area contributed by atoms with E-state index < -0.39 is 6.10 Å². The second kappa shape index (κ2) is 6.79. The van der Waals surface area contributed by atoms with E-state index in [1.807, 2.05) is 31.2 Å². The number of carbonyl (C=O) groups excluding carboxylic acids is 1. The molecule has 1 heterocycles. The van der Waals surface area contributed by atoms with Crippen LogP contribution in [0.15, 0.2) is 42.6 Å². The number of carbonyl (C=O) groups is 1. The maximum Gasteiger partial charge on any atom is 0.252 e. The number of benzene rings is 1. The van der Waals surface area contributed by atoms with Crippen molar-refractivity contribution in [3.63, 3.8) is 0 Å². The molecule has 0 saturated heterocycles. The number of nitrogens with one attached hydrogen (secondary N) is 2. The Labute approximate surface area is 135 Å².